The second-order valence-corrected chi connectivity index (χ2v) is 7.14. The molecule has 0 saturated heterocycles. The number of hydrogen-bond acceptors (Lipinski definition) is 0. The molecule has 0 aromatic heterocycles. The van der Waals surface area contributed by atoms with Crippen molar-refractivity contribution in [1.82, 2.24) is 0 Å². The van der Waals surface area contributed by atoms with Gasteiger partial charge in [0, 0.05) is 0 Å². The van der Waals surface area contributed by atoms with Gasteiger partial charge in [0.15, 0.2) is 0 Å². The average molecular weight is 412 g/mol. The second kappa shape index (κ2) is 7.48. The Bertz CT molecular complexity index is 757. The van der Waals surface area contributed by atoms with Crippen molar-refractivity contribution in [2.45, 2.75) is 27.2 Å². The first-order chi connectivity index (χ1) is 9.55. The third-order valence-corrected chi connectivity index (χ3v) is 6.57. The van der Waals surface area contributed by atoms with E-state index in [0.717, 1.165) is 0 Å². The minimum absolute atomic E-state index is 0. The Morgan fingerprint density at radius 2 is 1.50 bits per heavy atom. The maximum Gasteiger partial charge on any atom is -0.0184 e. The molecule has 4 rings (SSSR count). The van der Waals surface area contributed by atoms with Crippen LogP contribution in [0.1, 0.15) is 25.8 Å². The van der Waals surface area contributed by atoms with Gasteiger partial charge in [-0.25, -0.2) is 0 Å². The zero-order chi connectivity index (χ0) is 14.3. The fourth-order valence-corrected chi connectivity index (χ4v) is 4.25. The van der Waals surface area contributed by atoms with Crippen LogP contribution in [0.5, 0.6) is 0 Å². The maximum atomic E-state index is 2.44. The van der Waals surface area contributed by atoms with Crippen LogP contribution in [0.25, 0.3) is 20.5 Å². The number of fused-ring (bicyclic) bond motifs is 2. The molecule has 0 fully saturated rings. The Hall–Kier alpha value is -0.357. The first-order valence-electron chi connectivity index (χ1n) is 7.20. The largest absolute Gasteiger partial charge is 0.147 e. The summed E-state index contributed by atoms with van der Waals surface area (Å²) in [5, 5.41) is 2.97. The van der Waals surface area contributed by atoms with E-state index in [9.17, 15) is 0 Å². The molecule has 0 heterocycles. The molecule has 115 valence electrons. The molecule has 3 aliphatic rings. The summed E-state index contributed by atoms with van der Waals surface area (Å²) < 4.78 is 1.63. The SMILES string of the molecule is CCC1(C)C=c2cccc(C)c2=[C]1[Zr].Cl.Cl.c1cc2ccc1-2. The Morgan fingerprint density at radius 3 is 1.86 bits per heavy atom. The zero-order valence-electron chi connectivity index (χ0n) is 13.1. The summed E-state index contributed by atoms with van der Waals surface area (Å²) in [5.74, 6) is 0. The molecule has 0 N–H and O–H groups in total. The van der Waals surface area contributed by atoms with Crippen LogP contribution >= 0.6 is 24.8 Å². The fraction of sp³-hybridized carbons (Fsp3) is 0.263. The molecule has 1 unspecified atom stereocenters. The Morgan fingerprint density at radius 1 is 0.955 bits per heavy atom. The number of hydrogen-bond donors (Lipinski definition) is 0. The number of benzene rings is 2. The predicted octanol–water partition coefficient (Wildman–Crippen LogP) is 4.37. The molecule has 0 spiro atoms. The number of aryl methyl sites for hydroxylation is 1. The average Bonchev–Trinajstić information content (AvgIpc) is 2.68. The minimum atomic E-state index is 0. The third kappa shape index (κ3) is 3.28. The predicted molar refractivity (Wildman–Crippen MR) is 96.6 cm³/mol. The van der Waals surface area contributed by atoms with E-state index in [0.29, 0.717) is 5.41 Å². The molecule has 1 aromatic carbocycles. The first kappa shape index (κ1) is 19.7. The zero-order valence-corrected chi connectivity index (χ0v) is 17.2. The fourth-order valence-electron chi connectivity index (χ4n) is 2.79. The summed E-state index contributed by atoms with van der Waals surface area (Å²) in [6.45, 7) is 6.86. The van der Waals surface area contributed by atoms with Gasteiger partial charge in [0.05, 0.1) is 0 Å². The van der Waals surface area contributed by atoms with Gasteiger partial charge in [0.2, 0.25) is 0 Å². The van der Waals surface area contributed by atoms with Crippen molar-refractivity contribution in [3.63, 3.8) is 0 Å². The number of rotatable bonds is 1. The van der Waals surface area contributed by atoms with E-state index in [2.05, 4.69) is 69.3 Å². The van der Waals surface area contributed by atoms with Crippen LogP contribution in [0, 0.1) is 12.3 Å². The van der Waals surface area contributed by atoms with Gasteiger partial charge in [-0.1, -0.05) is 24.3 Å². The van der Waals surface area contributed by atoms with Gasteiger partial charge in [0.1, 0.15) is 0 Å². The quantitative estimate of drug-likeness (QED) is 0.558. The van der Waals surface area contributed by atoms with Gasteiger partial charge in [-0.05, 0) is 11.1 Å². The molecule has 3 heteroatoms. The molecule has 3 aliphatic carbocycles. The molecular weight excluding hydrogens is 390 g/mol. The molecule has 22 heavy (non-hydrogen) atoms. The van der Waals surface area contributed by atoms with Crippen LogP contribution in [0.4, 0.5) is 0 Å². The van der Waals surface area contributed by atoms with Crippen LogP contribution in [0.3, 0.4) is 0 Å². The molecule has 0 nitrogen and oxygen atoms in total. The van der Waals surface area contributed by atoms with E-state index < -0.39 is 0 Å². The molecule has 0 radical (unpaired) electrons. The van der Waals surface area contributed by atoms with E-state index in [-0.39, 0.29) is 24.8 Å². The Balaban J connectivity index is 0.000000254. The monoisotopic (exact) mass is 409 g/mol. The van der Waals surface area contributed by atoms with Gasteiger partial charge in [-0.2, -0.15) is 0 Å². The van der Waals surface area contributed by atoms with Crippen molar-refractivity contribution in [3.05, 3.63) is 58.5 Å². The molecule has 0 bridgehead atoms. The summed E-state index contributed by atoms with van der Waals surface area (Å²) >= 11 is 1.57. The van der Waals surface area contributed by atoms with E-state index in [4.69, 9.17) is 0 Å². The minimum Gasteiger partial charge on any atom is -0.147 e. The summed E-state index contributed by atoms with van der Waals surface area (Å²) in [4.78, 5) is 0. The van der Waals surface area contributed by atoms with Gasteiger partial charge < -0.3 is 0 Å². The smallest absolute Gasteiger partial charge is 0.0184 e. The summed E-state index contributed by atoms with van der Waals surface area (Å²) in [6, 6.07) is 15.1. The normalized spacial score (nSPS) is 18.7. The van der Waals surface area contributed by atoms with Crippen molar-refractivity contribution < 1.29 is 24.7 Å². The molecule has 0 amide bonds. The number of halogens is 2. The van der Waals surface area contributed by atoms with E-state index in [1.54, 1.807) is 28.0 Å². The van der Waals surface area contributed by atoms with Gasteiger partial charge in [-0.3, -0.25) is 0 Å². The third-order valence-electron chi connectivity index (χ3n) is 4.55. The van der Waals surface area contributed by atoms with Gasteiger partial charge >= 0.3 is 101 Å². The van der Waals surface area contributed by atoms with Crippen molar-refractivity contribution in [1.29, 1.82) is 0 Å². The van der Waals surface area contributed by atoms with Crippen LogP contribution in [0.2, 0.25) is 0 Å². The van der Waals surface area contributed by atoms with Crippen LogP contribution < -0.4 is 10.4 Å². The van der Waals surface area contributed by atoms with Crippen molar-refractivity contribution in [2.24, 2.45) is 5.41 Å². The van der Waals surface area contributed by atoms with E-state index in [1.807, 2.05) is 0 Å². The Kier molecular flexibility index (Phi) is 6.69. The Labute approximate surface area is 160 Å². The van der Waals surface area contributed by atoms with Gasteiger partial charge in [-0.15, -0.1) is 24.8 Å². The maximum absolute atomic E-state index is 2.44. The van der Waals surface area contributed by atoms with Crippen molar-refractivity contribution in [3.8, 4) is 11.1 Å². The molecular formula is C19H21Cl2Zr. The van der Waals surface area contributed by atoms with E-state index >= 15 is 0 Å². The van der Waals surface area contributed by atoms with Crippen molar-refractivity contribution in [2.75, 3.05) is 0 Å². The molecule has 0 saturated carbocycles. The van der Waals surface area contributed by atoms with E-state index in [1.165, 1.54) is 33.5 Å². The summed E-state index contributed by atoms with van der Waals surface area (Å²) in [6.07, 6.45) is 3.65. The second-order valence-electron chi connectivity index (χ2n) is 5.91. The molecule has 1 atom stereocenters. The van der Waals surface area contributed by atoms with Crippen LogP contribution in [0.15, 0.2) is 42.5 Å². The first-order valence-corrected chi connectivity index (χ1v) is 8.43. The van der Waals surface area contributed by atoms with Crippen LogP contribution in [-0.4, -0.2) is 0 Å². The van der Waals surface area contributed by atoms with Crippen LogP contribution in [-0.2, 0) is 24.7 Å². The topological polar surface area (TPSA) is 0 Å². The standard InChI is InChI=1S/C13H15.C6H4.2ClH.Zr/c1-4-13(3)8-11-7-5-6-10(2)12(11)9-13;1-2-6-4-3-5(1)6;;;/h5-8H,4H2,1-3H3;1-4H;2*1H;. The summed E-state index contributed by atoms with van der Waals surface area (Å²) in [7, 11) is 0. The summed E-state index contributed by atoms with van der Waals surface area (Å²) in [5.41, 5.74) is 4.61. The van der Waals surface area contributed by atoms with Crippen molar-refractivity contribution >= 4 is 34.2 Å². The van der Waals surface area contributed by atoms with Gasteiger partial charge in [0.25, 0.3) is 0 Å². The molecule has 0 aliphatic heterocycles. The molecule has 1 aromatic rings.